The van der Waals surface area contributed by atoms with Gasteiger partial charge in [0, 0.05) is 16.3 Å². The van der Waals surface area contributed by atoms with Crippen LogP contribution in [0.4, 0.5) is 0 Å². The zero-order chi connectivity index (χ0) is 18.3. The molecule has 1 aliphatic heterocycles. The van der Waals surface area contributed by atoms with Crippen molar-refractivity contribution in [3.63, 3.8) is 0 Å². The van der Waals surface area contributed by atoms with Crippen molar-refractivity contribution in [1.29, 1.82) is 0 Å². The van der Waals surface area contributed by atoms with Crippen molar-refractivity contribution in [2.24, 2.45) is 0 Å². The summed E-state index contributed by atoms with van der Waals surface area (Å²) in [5.74, 6) is 0.0350. The summed E-state index contributed by atoms with van der Waals surface area (Å²) in [5, 5.41) is 11.9. The van der Waals surface area contributed by atoms with Crippen molar-refractivity contribution in [1.82, 2.24) is 0 Å². The Morgan fingerprint density at radius 2 is 1.73 bits per heavy atom. The maximum Gasteiger partial charge on any atom is 0.348 e. The molecule has 1 heterocycles. The minimum Gasteiger partial charge on any atom is -0.506 e. The van der Waals surface area contributed by atoms with Gasteiger partial charge in [-0.25, -0.2) is 4.79 Å². The molecule has 1 unspecified atom stereocenters. The molecule has 126 valence electrons. The van der Waals surface area contributed by atoms with Crippen LogP contribution in [0.3, 0.4) is 0 Å². The van der Waals surface area contributed by atoms with Gasteiger partial charge in [-0.15, -0.1) is 0 Å². The van der Waals surface area contributed by atoms with Gasteiger partial charge in [-0.2, -0.15) is 0 Å². The Morgan fingerprint density at radius 3 is 2.46 bits per heavy atom. The highest BCUT2D eigenvalue weighted by molar-refractivity contribution is 6.17. The number of fused-ring (bicyclic) bond motifs is 3. The summed E-state index contributed by atoms with van der Waals surface area (Å²) in [6.07, 6.45) is 3.33. The second kappa shape index (κ2) is 5.95. The lowest BCUT2D eigenvalue weighted by molar-refractivity contribution is 0.0730. The molecule has 0 amide bonds. The van der Waals surface area contributed by atoms with Crippen LogP contribution in [-0.2, 0) is 0 Å². The fourth-order valence-electron chi connectivity index (χ4n) is 3.03. The van der Waals surface area contributed by atoms with E-state index < -0.39 is 11.5 Å². The van der Waals surface area contributed by atoms with Gasteiger partial charge in [0.1, 0.15) is 30.7 Å². The predicted octanol–water partition coefficient (Wildman–Crippen LogP) is 4.05. The van der Waals surface area contributed by atoms with E-state index in [4.69, 9.17) is 17.3 Å². The van der Waals surface area contributed by atoms with Gasteiger partial charge in [0.15, 0.2) is 0 Å². The number of benzene rings is 3. The van der Waals surface area contributed by atoms with Gasteiger partial charge in [-0.05, 0) is 19.1 Å². The summed E-state index contributed by atoms with van der Waals surface area (Å²) >= 11 is 0. The molecule has 0 saturated carbocycles. The predicted molar refractivity (Wildman–Crippen MR) is 101 cm³/mol. The van der Waals surface area contributed by atoms with Crippen molar-refractivity contribution >= 4 is 30.7 Å². The minimum absolute atomic E-state index is 0.0503. The van der Waals surface area contributed by atoms with E-state index in [1.807, 2.05) is 18.2 Å². The van der Waals surface area contributed by atoms with Crippen LogP contribution in [0, 0.1) is 0 Å². The lowest BCUT2D eigenvalue weighted by Gasteiger charge is -2.30. The van der Waals surface area contributed by atoms with Crippen LogP contribution in [0.1, 0.15) is 22.8 Å². The zero-order valence-corrected chi connectivity index (χ0v) is 14.1. The normalized spacial score (nSPS) is 18.2. The van der Waals surface area contributed by atoms with Gasteiger partial charge in [-0.1, -0.05) is 54.6 Å². The molecule has 0 aromatic heterocycles. The van der Waals surface area contributed by atoms with Crippen molar-refractivity contribution < 1.29 is 19.4 Å². The average molecular weight is 342 g/mol. The number of rotatable bonds is 2. The van der Waals surface area contributed by atoms with Crippen molar-refractivity contribution in [2.45, 2.75) is 12.4 Å². The number of hydrogen-bond acceptors (Lipinski definition) is 4. The van der Waals surface area contributed by atoms with E-state index in [2.05, 4.69) is 0 Å². The first-order chi connectivity index (χ1) is 12.5. The minimum atomic E-state index is -1.01. The molecule has 0 fully saturated rings. The summed E-state index contributed by atoms with van der Waals surface area (Å²) < 4.78 is 11.3. The van der Waals surface area contributed by atoms with E-state index in [1.54, 1.807) is 55.5 Å². The van der Waals surface area contributed by atoms with E-state index >= 15 is 0 Å². The lowest BCUT2D eigenvalue weighted by atomic mass is 9.80. The molecule has 1 aliphatic rings. The van der Waals surface area contributed by atoms with E-state index in [1.165, 1.54) is 0 Å². The van der Waals surface area contributed by atoms with Crippen LogP contribution < -0.4 is 9.47 Å². The Morgan fingerprint density at radius 1 is 1.08 bits per heavy atom. The van der Waals surface area contributed by atoms with Gasteiger partial charge < -0.3 is 14.6 Å². The molecule has 0 aliphatic carbocycles. The average Bonchev–Trinajstić information content (AvgIpc) is 2.63. The SMILES string of the molecule is [B]C1(C)C=Cc2c(C(=O)Oc3ccccc3)c(O)c3ccccc3c2O1. The molecule has 1 atom stereocenters. The van der Waals surface area contributed by atoms with Crippen LogP contribution in [0.5, 0.6) is 17.2 Å². The van der Waals surface area contributed by atoms with Gasteiger partial charge in [0.25, 0.3) is 0 Å². The highest BCUT2D eigenvalue weighted by Crippen LogP contribution is 2.44. The number of hydrogen-bond donors (Lipinski definition) is 1. The molecule has 5 heteroatoms. The second-order valence-electron chi connectivity index (χ2n) is 6.33. The third-order valence-electron chi connectivity index (χ3n) is 4.24. The van der Waals surface area contributed by atoms with Crippen LogP contribution in [0.2, 0.25) is 0 Å². The second-order valence-corrected chi connectivity index (χ2v) is 6.33. The summed E-state index contributed by atoms with van der Waals surface area (Å²) in [7, 11) is 6.08. The summed E-state index contributed by atoms with van der Waals surface area (Å²) in [4.78, 5) is 12.8. The highest BCUT2D eigenvalue weighted by Gasteiger charge is 2.30. The largest absolute Gasteiger partial charge is 0.506 e. The molecule has 4 nitrogen and oxygen atoms in total. The maximum atomic E-state index is 12.8. The Labute approximate surface area is 152 Å². The molecule has 3 aromatic rings. The Kier molecular flexibility index (Phi) is 3.72. The monoisotopic (exact) mass is 342 g/mol. The molecule has 3 aromatic carbocycles. The Balaban J connectivity index is 1.92. The molecule has 0 bridgehead atoms. The number of phenols is 1. The van der Waals surface area contributed by atoms with Crippen molar-refractivity contribution in [3.8, 4) is 17.2 Å². The summed E-state index contributed by atoms with van der Waals surface area (Å²) in [5.41, 5.74) is -0.507. The van der Waals surface area contributed by atoms with Gasteiger partial charge >= 0.3 is 5.97 Å². The van der Waals surface area contributed by atoms with Crippen LogP contribution in [0.25, 0.3) is 16.8 Å². The third kappa shape index (κ3) is 2.71. The van der Waals surface area contributed by atoms with Crippen LogP contribution >= 0.6 is 0 Å². The van der Waals surface area contributed by atoms with Gasteiger partial charge in [-0.3, -0.25) is 0 Å². The number of ether oxygens (including phenoxy) is 2. The smallest absolute Gasteiger partial charge is 0.348 e. The van der Waals surface area contributed by atoms with Crippen LogP contribution in [0.15, 0.2) is 60.7 Å². The zero-order valence-electron chi connectivity index (χ0n) is 14.1. The number of esters is 1. The molecular weight excluding hydrogens is 327 g/mol. The fourth-order valence-corrected chi connectivity index (χ4v) is 3.03. The number of para-hydroxylation sites is 1. The van der Waals surface area contributed by atoms with E-state index in [0.29, 0.717) is 27.8 Å². The van der Waals surface area contributed by atoms with Gasteiger partial charge in [0.05, 0.1) is 5.50 Å². The molecule has 2 radical (unpaired) electrons. The number of phenolic OH excluding ortho intramolecular Hbond substituents is 1. The maximum absolute atomic E-state index is 12.8. The molecule has 4 rings (SSSR count). The first-order valence-corrected chi connectivity index (χ1v) is 8.18. The van der Waals surface area contributed by atoms with E-state index in [-0.39, 0.29) is 11.3 Å². The first kappa shape index (κ1) is 16.3. The highest BCUT2D eigenvalue weighted by atomic mass is 16.5. The molecule has 1 N–H and O–H groups in total. The molecule has 26 heavy (non-hydrogen) atoms. The summed E-state index contributed by atoms with van der Waals surface area (Å²) in [6.45, 7) is 1.72. The molecular formula is C21H15BO4. The summed E-state index contributed by atoms with van der Waals surface area (Å²) in [6, 6.07) is 15.8. The van der Waals surface area contributed by atoms with E-state index in [9.17, 15) is 9.90 Å². The standard InChI is InChI=1S/C21H15BO4/c1-21(22)12-11-16-17(20(24)25-13-7-3-2-4-8-13)18(23)14-9-5-6-10-15(14)19(16)26-21/h2-12,23H,1H3. The third-order valence-corrected chi connectivity index (χ3v) is 4.24. The lowest BCUT2D eigenvalue weighted by Crippen LogP contribution is -2.32. The van der Waals surface area contributed by atoms with Crippen molar-refractivity contribution in [3.05, 3.63) is 71.8 Å². The first-order valence-electron chi connectivity index (χ1n) is 8.18. The number of carbonyl (C=O) groups is 1. The molecule has 0 saturated heterocycles. The number of carbonyl (C=O) groups excluding carboxylic acids is 1. The fraction of sp³-hybridized carbons (Fsp3) is 0.0952. The van der Waals surface area contributed by atoms with Crippen LogP contribution in [-0.4, -0.2) is 24.4 Å². The van der Waals surface area contributed by atoms with Crippen molar-refractivity contribution in [2.75, 3.05) is 0 Å². The van der Waals surface area contributed by atoms with E-state index in [0.717, 1.165) is 0 Å². The quantitative estimate of drug-likeness (QED) is 0.434. The Hall–Kier alpha value is -3.21. The number of aromatic hydroxyl groups is 1. The Bertz CT molecular complexity index is 1040. The molecule has 0 spiro atoms. The van der Waals surface area contributed by atoms with Gasteiger partial charge in [0.2, 0.25) is 0 Å². The topological polar surface area (TPSA) is 55.8 Å².